The Bertz CT molecular complexity index is 744. The molecule has 1 aromatic rings. The minimum Gasteiger partial charge on any atom is -0.456 e. The second-order valence-corrected chi connectivity index (χ2v) is 8.67. The van der Waals surface area contributed by atoms with E-state index in [1.165, 1.54) is 6.07 Å². The van der Waals surface area contributed by atoms with Crippen molar-refractivity contribution in [1.82, 2.24) is 5.32 Å². The SMILES string of the molecule is CC(C)(OC(=O)c1cc(S(N)(=O)=O)c(Cl)cc1Cl)C1CCNCC1. The van der Waals surface area contributed by atoms with Gasteiger partial charge in [-0.25, -0.2) is 18.4 Å². The van der Waals surface area contributed by atoms with Crippen LogP contribution in [0.1, 0.15) is 37.0 Å². The van der Waals surface area contributed by atoms with Crippen LogP contribution in [0.25, 0.3) is 0 Å². The highest BCUT2D eigenvalue weighted by atomic mass is 35.5. The van der Waals surface area contributed by atoms with Crippen LogP contribution in [0.5, 0.6) is 0 Å². The molecule has 1 aromatic carbocycles. The van der Waals surface area contributed by atoms with Crippen LogP contribution in [-0.4, -0.2) is 33.1 Å². The molecule has 6 nitrogen and oxygen atoms in total. The maximum absolute atomic E-state index is 12.5. The number of benzene rings is 1. The van der Waals surface area contributed by atoms with Crippen molar-refractivity contribution >= 4 is 39.2 Å². The molecule has 0 radical (unpaired) electrons. The van der Waals surface area contributed by atoms with E-state index < -0.39 is 21.6 Å². The summed E-state index contributed by atoms with van der Waals surface area (Å²) in [5.74, 6) is -0.503. The lowest BCUT2D eigenvalue weighted by Gasteiger charge is -2.36. The number of primary sulfonamides is 1. The summed E-state index contributed by atoms with van der Waals surface area (Å²) in [6.45, 7) is 5.41. The molecule has 3 N–H and O–H groups in total. The molecule has 1 heterocycles. The Labute approximate surface area is 151 Å². The van der Waals surface area contributed by atoms with E-state index in [-0.39, 0.29) is 26.4 Å². The van der Waals surface area contributed by atoms with Gasteiger partial charge in [0.1, 0.15) is 10.5 Å². The van der Waals surface area contributed by atoms with Gasteiger partial charge in [-0.3, -0.25) is 0 Å². The van der Waals surface area contributed by atoms with Crippen LogP contribution in [0.2, 0.25) is 10.0 Å². The molecule has 0 saturated carbocycles. The first-order valence-electron chi connectivity index (χ1n) is 7.48. The van der Waals surface area contributed by atoms with E-state index in [0.29, 0.717) is 0 Å². The lowest BCUT2D eigenvalue weighted by Crippen LogP contribution is -2.42. The predicted octanol–water partition coefficient (Wildman–Crippen LogP) is 2.58. The number of hydrogen-bond acceptors (Lipinski definition) is 5. The van der Waals surface area contributed by atoms with Crippen LogP contribution in [0, 0.1) is 5.92 Å². The second-order valence-electron chi connectivity index (χ2n) is 6.32. The Morgan fingerprint density at radius 1 is 1.25 bits per heavy atom. The first kappa shape index (κ1) is 19.5. The summed E-state index contributed by atoms with van der Waals surface area (Å²) in [7, 11) is -4.08. The van der Waals surface area contributed by atoms with Gasteiger partial charge in [0.15, 0.2) is 0 Å². The largest absolute Gasteiger partial charge is 0.456 e. The second kappa shape index (κ2) is 7.17. The Morgan fingerprint density at radius 3 is 2.38 bits per heavy atom. The van der Waals surface area contributed by atoms with Gasteiger partial charge in [-0.05, 0) is 51.9 Å². The molecule has 24 heavy (non-hydrogen) atoms. The minimum absolute atomic E-state index is 0.0125. The maximum Gasteiger partial charge on any atom is 0.340 e. The Balaban J connectivity index is 2.29. The summed E-state index contributed by atoms with van der Waals surface area (Å²) >= 11 is 11.9. The third kappa shape index (κ3) is 4.40. The maximum atomic E-state index is 12.5. The highest BCUT2D eigenvalue weighted by Crippen LogP contribution is 2.33. The van der Waals surface area contributed by atoms with Gasteiger partial charge in [0.25, 0.3) is 0 Å². The summed E-state index contributed by atoms with van der Waals surface area (Å²) in [6.07, 6.45) is 1.77. The number of halogens is 2. The third-order valence-electron chi connectivity index (χ3n) is 4.23. The average molecular weight is 395 g/mol. The molecular formula is C15H20Cl2N2O4S. The number of carbonyl (C=O) groups excluding carboxylic acids is 1. The number of hydrogen-bond donors (Lipinski definition) is 2. The molecule has 0 unspecified atom stereocenters. The Kier molecular flexibility index (Phi) is 5.82. The fourth-order valence-corrected chi connectivity index (χ4v) is 4.19. The zero-order valence-electron chi connectivity index (χ0n) is 13.4. The van der Waals surface area contributed by atoms with Crippen molar-refractivity contribution in [2.75, 3.05) is 13.1 Å². The lowest BCUT2D eigenvalue weighted by molar-refractivity contribution is -0.0368. The van der Waals surface area contributed by atoms with Gasteiger partial charge in [0.2, 0.25) is 10.0 Å². The first-order chi connectivity index (χ1) is 11.0. The van der Waals surface area contributed by atoms with Crippen molar-refractivity contribution in [1.29, 1.82) is 0 Å². The van der Waals surface area contributed by atoms with E-state index in [4.69, 9.17) is 33.1 Å². The zero-order chi connectivity index (χ0) is 18.1. The number of piperidine rings is 1. The Morgan fingerprint density at radius 2 is 1.83 bits per heavy atom. The van der Waals surface area contributed by atoms with E-state index in [1.807, 2.05) is 13.8 Å². The molecule has 134 valence electrons. The van der Waals surface area contributed by atoms with Gasteiger partial charge in [0, 0.05) is 5.92 Å². The molecule has 9 heteroatoms. The number of nitrogens with two attached hydrogens (primary N) is 1. The predicted molar refractivity (Wildman–Crippen MR) is 92.9 cm³/mol. The summed E-state index contributed by atoms with van der Waals surface area (Å²) < 4.78 is 28.7. The van der Waals surface area contributed by atoms with E-state index in [1.54, 1.807) is 0 Å². The summed E-state index contributed by atoms with van der Waals surface area (Å²) in [4.78, 5) is 12.2. The van der Waals surface area contributed by atoms with Crippen LogP contribution in [-0.2, 0) is 14.8 Å². The fraction of sp³-hybridized carbons (Fsp3) is 0.533. The van der Waals surface area contributed by atoms with E-state index in [2.05, 4.69) is 5.32 Å². The molecule has 1 aliphatic rings. The highest BCUT2D eigenvalue weighted by Gasteiger charge is 2.35. The molecule has 1 saturated heterocycles. The van der Waals surface area contributed by atoms with Gasteiger partial charge in [-0.2, -0.15) is 0 Å². The number of carbonyl (C=O) groups is 1. The average Bonchev–Trinajstić information content (AvgIpc) is 2.46. The molecular weight excluding hydrogens is 375 g/mol. The molecule has 0 bridgehead atoms. The van der Waals surface area contributed by atoms with Crippen molar-refractivity contribution in [2.45, 2.75) is 37.2 Å². The van der Waals surface area contributed by atoms with Gasteiger partial charge in [0.05, 0.1) is 15.6 Å². The van der Waals surface area contributed by atoms with Crippen molar-refractivity contribution < 1.29 is 17.9 Å². The van der Waals surface area contributed by atoms with E-state index in [9.17, 15) is 13.2 Å². The molecule has 0 aliphatic carbocycles. The smallest absolute Gasteiger partial charge is 0.340 e. The fourth-order valence-electron chi connectivity index (χ4n) is 2.80. The van der Waals surface area contributed by atoms with Crippen LogP contribution in [0.15, 0.2) is 17.0 Å². The summed E-state index contributed by atoms with van der Waals surface area (Å²) in [6, 6.07) is 2.23. The van der Waals surface area contributed by atoms with Crippen LogP contribution in [0.4, 0.5) is 0 Å². The number of rotatable bonds is 4. The molecule has 2 rings (SSSR count). The van der Waals surface area contributed by atoms with Crippen LogP contribution in [0.3, 0.4) is 0 Å². The van der Waals surface area contributed by atoms with Gasteiger partial charge >= 0.3 is 5.97 Å². The molecule has 1 fully saturated rings. The quantitative estimate of drug-likeness (QED) is 0.764. The lowest BCUT2D eigenvalue weighted by atomic mass is 9.83. The topological polar surface area (TPSA) is 98.5 Å². The molecule has 0 spiro atoms. The molecule has 0 amide bonds. The summed E-state index contributed by atoms with van der Waals surface area (Å²) in [5, 5.41) is 8.23. The summed E-state index contributed by atoms with van der Waals surface area (Å²) in [5.41, 5.74) is -0.781. The number of sulfonamides is 1. The highest BCUT2D eigenvalue weighted by molar-refractivity contribution is 7.89. The van der Waals surface area contributed by atoms with Crippen molar-refractivity contribution in [3.8, 4) is 0 Å². The van der Waals surface area contributed by atoms with Gasteiger partial charge in [-0.1, -0.05) is 23.2 Å². The third-order valence-corrected chi connectivity index (χ3v) is 5.91. The van der Waals surface area contributed by atoms with Crippen molar-refractivity contribution in [3.05, 3.63) is 27.7 Å². The zero-order valence-corrected chi connectivity index (χ0v) is 15.8. The standard InChI is InChI=1S/C15H20Cl2N2O4S/c1-15(2,9-3-5-19-6-4-9)23-14(20)10-7-13(24(18,21)22)12(17)8-11(10)16/h7-9,19H,3-6H2,1-2H3,(H2,18,21,22). The number of nitrogens with one attached hydrogen (secondary N) is 1. The van der Waals surface area contributed by atoms with Crippen LogP contribution < -0.4 is 10.5 Å². The molecule has 0 atom stereocenters. The monoisotopic (exact) mass is 394 g/mol. The molecule has 1 aliphatic heterocycles. The first-order valence-corrected chi connectivity index (χ1v) is 9.78. The number of esters is 1. The normalized spacial score (nSPS) is 16.9. The van der Waals surface area contributed by atoms with E-state index >= 15 is 0 Å². The van der Waals surface area contributed by atoms with Crippen molar-refractivity contribution in [3.63, 3.8) is 0 Å². The molecule has 0 aromatic heterocycles. The minimum atomic E-state index is -4.08. The van der Waals surface area contributed by atoms with Crippen molar-refractivity contribution in [2.24, 2.45) is 11.1 Å². The number of ether oxygens (including phenoxy) is 1. The van der Waals surface area contributed by atoms with E-state index in [0.717, 1.165) is 32.0 Å². The van der Waals surface area contributed by atoms with Crippen LogP contribution >= 0.6 is 23.2 Å². The van der Waals surface area contributed by atoms with Gasteiger partial charge < -0.3 is 10.1 Å². The Hall–Kier alpha value is -0.860. The van der Waals surface area contributed by atoms with Gasteiger partial charge in [-0.15, -0.1) is 0 Å².